The van der Waals surface area contributed by atoms with E-state index in [1.165, 1.54) is 37.0 Å². The molecule has 2 fully saturated rings. The van der Waals surface area contributed by atoms with Crippen molar-refractivity contribution >= 4 is 17.2 Å². The molecule has 0 spiro atoms. The molecular weight excluding hydrogens is 272 g/mol. The molecule has 110 valence electrons. The molecule has 1 aliphatic carbocycles. The van der Waals surface area contributed by atoms with Crippen molar-refractivity contribution in [3.63, 3.8) is 0 Å². The molecular formula is C14H22N4OS. The summed E-state index contributed by atoms with van der Waals surface area (Å²) in [4.78, 5) is 21.1. The molecule has 2 N–H and O–H groups in total. The largest absolute Gasteiger partial charge is 0.335 e. The molecule has 6 heteroatoms. The summed E-state index contributed by atoms with van der Waals surface area (Å²) in [7, 11) is 0. The second kappa shape index (κ2) is 6.20. The number of rotatable bonds is 3. The third-order valence-corrected chi connectivity index (χ3v) is 5.26. The van der Waals surface area contributed by atoms with Gasteiger partial charge >= 0.3 is 0 Å². The molecule has 0 aromatic carbocycles. The first-order valence-corrected chi connectivity index (χ1v) is 8.33. The molecule has 0 unspecified atom stereocenters. The maximum Gasteiger partial charge on any atom is 0.273 e. The number of piperazine rings is 1. The van der Waals surface area contributed by atoms with Crippen LogP contribution < -0.4 is 5.73 Å². The highest BCUT2D eigenvalue weighted by atomic mass is 32.1. The Balaban J connectivity index is 1.55. The lowest BCUT2D eigenvalue weighted by molar-refractivity contribution is 0.0568. The van der Waals surface area contributed by atoms with Gasteiger partial charge in [-0.05, 0) is 12.8 Å². The van der Waals surface area contributed by atoms with Gasteiger partial charge < -0.3 is 10.6 Å². The van der Waals surface area contributed by atoms with Crippen LogP contribution in [0.4, 0.5) is 0 Å². The van der Waals surface area contributed by atoms with Crippen LogP contribution in [0.2, 0.25) is 0 Å². The number of aromatic nitrogens is 1. The average molecular weight is 294 g/mol. The Bertz CT molecular complexity index is 461. The summed E-state index contributed by atoms with van der Waals surface area (Å²) >= 11 is 1.47. The minimum absolute atomic E-state index is 0.0621. The number of hydrogen-bond donors (Lipinski definition) is 1. The number of nitrogens with two attached hydrogens (primary N) is 1. The van der Waals surface area contributed by atoms with Gasteiger partial charge in [0.15, 0.2) is 0 Å². The minimum atomic E-state index is 0.0621. The zero-order valence-electron chi connectivity index (χ0n) is 11.8. The molecule has 2 heterocycles. The van der Waals surface area contributed by atoms with Gasteiger partial charge in [-0.15, -0.1) is 11.3 Å². The van der Waals surface area contributed by atoms with Gasteiger partial charge in [-0.2, -0.15) is 0 Å². The second-order valence-electron chi connectivity index (χ2n) is 5.60. The molecule has 0 radical (unpaired) electrons. The van der Waals surface area contributed by atoms with E-state index >= 15 is 0 Å². The van der Waals surface area contributed by atoms with E-state index < -0.39 is 0 Å². The second-order valence-corrected chi connectivity index (χ2v) is 6.54. The fraction of sp³-hybridized carbons (Fsp3) is 0.714. The monoisotopic (exact) mass is 294 g/mol. The van der Waals surface area contributed by atoms with Gasteiger partial charge in [0.1, 0.15) is 10.7 Å². The van der Waals surface area contributed by atoms with Crippen LogP contribution in [0, 0.1) is 0 Å². The maximum absolute atomic E-state index is 12.4. The predicted octanol–water partition coefficient (Wildman–Crippen LogP) is 1.30. The van der Waals surface area contributed by atoms with E-state index in [1.807, 2.05) is 10.3 Å². The van der Waals surface area contributed by atoms with Crippen LogP contribution in [0.25, 0.3) is 0 Å². The Morgan fingerprint density at radius 3 is 2.60 bits per heavy atom. The van der Waals surface area contributed by atoms with Gasteiger partial charge in [0, 0.05) is 44.1 Å². The third-order valence-electron chi connectivity index (χ3n) is 4.39. The summed E-state index contributed by atoms with van der Waals surface area (Å²) in [6.45, 7) is 4.07. The maximum atomic E-state index is 12.4. The van der Waals surface area contributed by atoms with Crippen molar-refractivity contribution in [3.05, 3.63) is 16.1 Å². The highest BCUT2D eigenvalue weighted by Crippen LogP contribution is 2.24. The molecule has 5 nitrogen and oxygen atoms in total. The van der Waals surface area contributed by atoms with Crippen molar-refractivity contribution in [2.24, 2.45) is 5.73 Å². The summed E-state index contributed by atoms with van der Waals surface area (Å²) in [6, 6.07) is 0.760. The molecule has 20 heavy (non-hydrogen) atoms. The van der Waals surface area contributed by atoms with Crippen LogP contribution in [0.1, 0.15) is 41.2 Å². The molecule has 1 aromatic rings. The molecule has 1 aliphatic heterocycles. The first-order valence-electron chi connectivity index (χ1n) is 7.45. The Morgan fingerprint density at radius 1 is 1.30 bits per heavy atom. The van der Waals surface area contributed by atoms with Crippen LogP contribution in [-0.2, 0) is 6.54 Å². The number of carbonyl (C=O) groups excluding carboxylic acids is 1. The standard InChI is InChI=1S/C14H22N4OS/c15-9-13-16-12(10-20-13)14(19)18-7-5-17(6-8-18)11-3-1-2-4-11/h10-11H,1-9,15H2. The molecule has 3 rings (SSSR count). The van der Waals surface area contributed by atoms with Crippen LogP contribution in [0.3, 0.4) is 0 Å². The molecule has 1 amide bonds. The molecule has 2 aliphatic rings. The SMILES string of the molecule is NCc1nc(C(=O)N2CCN(C3CCCC3)CC2)cs1. The van der Waals surface area contributed by atoms with E-state index in [0.717, 1.165) is 37.2 Å². The van der Waals surface area contributed by atoms with Crippen molar-refractivity contribution in [1.29, 1.82) is 0 Å². The normalized spacial score (nSPS) is 21.6. The smallest absolute Gasteiger partial charge is 0.273 e. The topological polar surface area (TPSA) is 62.5 Å². The summed E-state index contributed by atoms with van der Waals surface area (Å²) in [5.41, 5.74) is 6.11. The molecule has 1 saturated carbocycles. The minimum Gasteiger partial charge on any atom is -0.335 e. The van der Waals surface area contributed by atoms with Crippen LogP contribution in [0.15, 0.2) is 5.38 Å². The molecule has 0 atom stereocenters. The van der Waals surface area contributed by atoms with Crippen LogP contribution >= 0.6 is 11.3 Å². The number of thiazole rings is 1. The van der Waals surface area contributed by atoms with Gasteiger partial charge in [-0.25, -0.2) is 4.98 Å². The summed E-state index contributed by atoms with van der Waals surface area (Å²) in [6.07, 6.45) is 5.40. The quantitative estimate of drug-likeness (QED) is 0.913. The van der Waals surface area contributed by atoms with E-state index in [-0.39, 0.29) is 5.91 Å². The fourth-order valence-corrected chi connectivity index (χ4v) is 3.87. The van der Waals surface area contributed by atoms with Crippen molar-refractivity contribution in [2.45, 2.75) is 38.3 Å². The lowest BCUT2D eigenvalue weighted by Crippen LogP contribution is -2.51. The Labute approximate surface area is 123 Å². The summed E-state index contributed by atoms with van der Waals surface area (Å²) in [5, 5.41) is 2.66. The van der Waals surface area contributed by atoms with Gasteiger partial charge in [0.2, 0.25) is 0 Å². The number of carbonyl (C=O) groups is 1. The summed E-state index contributed by atoms with van der Waals surface area (Å²) < 4.78 is 0. The first kappa shape index (κ1) is 14.0. The van der Waals surface area contributed by atoms with Gasteiger partial charge in [-0.3, -0.25) is 9.69 Å². The van der Waals surface area contributed by atoms with Gasteiger partial charge in [0.05, 0.1) is 0 Å². The van der Waals surface area contributed by atoms with Crippen LogP contribution in [-0.4, -0.2) is 52.9 Å². The fourth-order valence-electron chi connectivity index (χ4n) is 3.22. The molecule has 1 aromatic heterocycles. The van der Waals surface area contributed by atoms with Crippen molar-refractivity contribution in [1.82, 2.24) is 14.8 Å². The van der Waals surface area contributed by atoms with E-state index in [0.29, 0.717) is 12.2 Å². The first-order chi connectivity index (χ1) is 9.78. The average Bonchev–Trinajstić information content (AvgIpc) is 3.18. The van der Waals surface area contributed by atoms with E-state index in [4.69, 9.17) is 5.73 Å². The van der Waals surface area contributed by atoms with E-state index in [9.17, 15) is 4.79 Å². The zero-order valence-corrected chi connectivity index (χ0v) is 12.6. The number of hydrogen-bond acceptors (Lipinski definition) is 5. The van der Waals surface area contributed by atoms with Crippen molar-refractivity contribution in [2.75, 3.05) is 26.2 Å². The lowest BCUT2D eigenvalue weighted by Gasteiger charge is -2.37. The Hall–Kier alpha value is -0.980. The van der Waals surface area contributed by atoms with E-state index in [1.54, 1.807) is 0 Å². The lowest BCUT2D eigenvalue weighted by atomic mass is 10.2. The molecule has 1 saturated heterocycles. The molecule has 0 bridgehead atoms. The number of amides is 1. The Morgan fingerprint density at radius 2 is 2.00 bits per heavy atom. The van der Waals surface area contributed by atoms with Crippen molar-refractivity contribution < 1.29 is 4.79 Å². The highest BCUT2D eigenvalue weighted by molar-refractivity contribution is 7.09. The van der Waals surface area contributed by atoms with Gasteiger partial charge in [0.25, 0.3) is 5.91 Å². The van der Waals surface area contributed by atoms with Crippen LogP contribution in [0.5, 0.6) is 0 Å². The Kier molecular flexibility index (Phi) is 4.33. The number of nitrogens with zero attached hydrogens (tertiary/aromatic N) is 3. The highest BCUT2D eigenvalue weighted by Gasteiger charge is 2.28. The summed E-state index contributed by atoms with van der Waals surface area (Å²) in [5.74, 6) is 0.0621. The predicted molar refractivity (Wildman–Crippen MR) is 79.7 cm³/mol. The van der Waals surface area contributed by atoms with Crippen molar-refractivity contribution in [3.8, 4) is 0 Å². The van der Waals surface area contributed by atoms with E-state index in [2.05, 4.69) is 9.88 Å². The zero-order chi connectivity index (χ0) is 13.9. The van der Waals surface area contributed by atoms with Gasteiger partial charge in [-0.1, -0.05) is 12.8 Å². The third kappa shape index (κ3) is 2.87.